The van der Waals surface area contributed by atoms with Gasteiger partial charge in [0, 0.05) is 0 Å². The molecule has 2 aliphatic carbocycles. The maximum absolute atomic E-state index is 12.2. The lowest BCUT2D eigenvalue weighted by Crippen LogP contribution is -2.39. The lowest BCUT2D eigenvalue weighted by atomic mass is 9.83. The summed E-state index contributed by atoms with van der Waals surface area (Å²) in [7, 11) is 1.32. The van der Waals surface area contributed by atoms with E-state index in [-0.39, 0.29) is 0 Å². The molecule has 0 aliphatic heterocycles. The van der Waals surface area contributed by atoms with E-state index in [0.29, 0.717) is 12.8 Å². The van der Waals surface area contributed by atoms with Crippen molar-refractivity contribution in [2.75, 3.05) is 14.2 Å². The summed E-state index contributed by atoms with van der Waals surface area (Å²) in [6.07, 6.45) is 5.08. The van der Waals surface area contributed by atoms with Gasteiger partial charge in [0.1, 0.15) is 0 Å². The van der Waals surface area contributed by atoms with Gasteiger partial charge in [0.15, 0.2) is 5.41 Å². The average Bonchev–Trinajstić information content (AvgIpc) is 2.84. The molecule has 0 amide bonds. The van der Waals surface area contributed by atoms with Crippen LogP contribution >= 0.6 is 0 Å². The molecule has 0 aromatic rings. The fourth-order valence-electron chi connectivity index (χ4n) is 3.31. The van der Waals surface area contributed by atoms with Gasteiger partial charge in [-0.05, 0) is 31.3 Å². The summed E-state index contributed by atoms with van der Waals surface area (Å²) in [5, 5.41) is 1.51. The standard InChI is InChI=1S/C16H24O4Si/c1-19-14(17)16(15(18)20-2)9-11-6-7-13(21(3,4)5)8-12(11)10-16/h8H,6-7,9-10H2,1-5H3. The van der Waals surface area contributed by atoms with Gasteiger partial charge in [0.2, 0.25) is 0 Å². The van der Waals surface area contributed by atoms with Crippen molar-refractivity contribution < 1.29 is 19.1 Å². The minimum Gasteiger partial charge on any atom is -0.468 e. The molecule has 5 heteroatoms. The fraction of sp³-hybridized carbons (Fsp3) is 0.625. The van der Waals surface area contributed by atoms with E-state index in [1.54, 1.807) is 0 Å². The van der Waals surface area contributed by atoms with E-state index in [1.807, 2.05) is 0 Å². The Hall–Kier alpha value is -1.36. The number of rotatable bonds is 3. The first-order valence-corrected chi connectivity index (χ1v) is 10.8. The molecule has 0 N–H and O–H groups in total. The van der Waals surface area contributed by atoms with Gasteiger partial charge < -0.3 is 9.47 Å². The molecule has 0 bridgehead atoms. The zero-order valence-electron chi connectivity index (χ0n) is 13.5. The molecule has 0 aromatic carbocycles. The Bertz CT molecular complexity index is 521. The van der Waals surface area contributed by atoms with E-state index in [2.05, 4.69) is 25.7 Å². The summed E-state index contributed by atoms with van der Waals surface area (Å²) in [6.45, 7) is 6.98. The second-order valence-corrected chi connectivity index (χ2v) is 12.1. The number of esters is 2. The topological polar surface area (TPSA) is 52.6 Å². The monoisotopic (exact) mass is 308 g/mol. The van der Waals surface area contributed by atoms with Crippen LogP contribution in [0.25, 0.3) is 0 Å². The summed E-state index contributed by atoms with van der Waals surface area (Å²) in [5.74, 6) is -0.960. The Morgan fingerprint density at radius 1 is 1.05 bits per heavy atom. The van der Waals surface area contributed by atoms with E-state index in [0.717, 1.165) is 18.4 Å². The first-order valence-electron chi connectivity index (χ1n) is 7.33. The molecule has 0 spiro atoms. The van der Waals surface area contributed by atoms with Crippen LogP contribution in [0.2, 0.25) is 19.6 Å². The minimum atomic E-state index is -1.34. The predicted molar refractivity (Wildman–Crippen MR) is 83.4 cm³/mol. The molecule has 4 nitrogen and oxygen atoms in total. The highest BCUT2D eigenvalue weighted by atomic mass is 28.3. The zero-order valence-corrected chi connectivity index (χ0v) is 14.5. The number of methoxy groups -OCH3 is 2. The van der Waals surface area contributed by atoms with Crippen molar-refractivity contribution in [2.24, 2.45) is 5.41 Å². The van der Waals surface area contributed by atoms with Crippen LogP contribution in [0.3, 0.4) is 0 Å². The van der Waals surface area contributed by atoms with Gasteiger partial charge in [-0.15, -0.1) is 0 Å². The molecule has 21 heavy (non-hydrogen) atoms. The van der Waals surface area contributed by atoms with Gasteiger partial charge in [-0.3, -0.25) is 9.59 Å². The van der Waals surface area contributed by atoms with Crippen molar-refractivity contribution in [3.8, 4) is 0 Å². The van der Waals surface area contributed by atoms with Crippen molar-refractivity contribution in [3.63, 3.8) is 0 Å². The number of hydrogen-bond donors (Lipinski definition) is 0. The van der Waals surface area contributed by atoms with E-state index in [4.69, 9.17) is 9.47 Å². The molecule has 0 heterocycles. The van der Waals surface area contributed by atoms with Crippen LogP contribution in [0.4, 0.5) is 0 Å². The highest BCUT2D eigenvalue weighted by Crippen LogP contribution is 2.49. The number of ether oxygens (including phenoxy) is 2. The Morgan fingerprint density at radius 2 is 1.62 bits per heavy atom. The summed E-state index contributed by atoms with van der Waals surface area (Å²) >= 11 is 0. The maximum atomic E-state index is 12.2. The SMILES string of the molecule is COC(=O)C1(C(=O)OC)CC2=C(CCC([Si](C)(C)C)=C2)C1. The van der Waals surface area contributed by atoms with Gasteiger partial charge in [-0.2, -0.15) is 0 Å². The molecule has 0 aromatic heterocycles. The smallest absolute Gasteiger partial charge is 0.323 e. The van der Waals surface area contributed by atoms with Crippen LogP contribution in [0, 0.1) is 5.41 Å². The second kappa shape index (κ2) is 5.44. The highest BCUT2D eigenvalue weighted by molar-refractivity contribution is 6.83. The maximum Gasteiger partial charge on any atom is 0.323 e. The van der Waals surface area contributed by atoms with Crippen LogP contribution in [-0.2, 0) is 19.1 Å². The van der Waals surface area contributed by atoms with E-state index < -0.39 is 25.4 Å². The molecule has 0 unspecified atom stereocenters. The molecule has 0 atom stereocenters. The van der Waals surface area contributed by atoms with Crippen molar-refractivity contribution >= 4 is 20.0 Å². The molecule has 116 valence electrons. The lowest BCUT2D eigenvalue weighted by molar-refractivity contribution is -0.168. The molecule has 2 rings (SSSR count). The van der Waals surface area contributed by atoms with Gasteiger partial charge >= 0.3 is 11.9 Å². The summed E-state index contributed by atoms with van der Waals surface area (Å²) < 4.78 is 9.76. The molecular formula is C16H24O4Si. The first kappa shape index (κ1) is 16.0. The average molecular weight is 308 g/mol. The van der Waals surface area contributed by atoms with Crippen molar-refractivity contribution in [1.29, 1.82) is 0 Å². The Kier molecular flexibility index (Phi) is 4.15. The third kappa shape index (κ3) is 2.71. The fourth-order valence-corrected chi connectivity index (χ4v) is 4.80. The third-order valence-electron chi connectivity index (χ3n) is 4.62. The third-order valence-corrected chi connectivity index (χ3v) is 6.94. The van der Waals surface area contributed by atoms with Crippen LogP contribution in [-0.4, -0.2) is 34.2 Å². The number of carbonyl (C=O) groups is 2. The molecule has 0 saturated carbocycles. The molecular weight excluding hydrogens is 284 g/mol. The predicted octanol–water partition coefficient (Wildman–Crippen LogP) is 3.01. The number of carbonyl (C=O) groups excluding carboxylic acids is 2. The summed E-state index contributed by atoms with van der Waals surface area (Å²) in [6, 6.07) is 0. The number of allylic oxidation sites excluding steroid dienone is 4. The van der Waals surface area contributed by atoms with Crippen molar-refractivity contribution in [1.82, 2.24) is 0 Å². The largest absolute Gasteiger partial charge is 0.468 e. The molecule has 0 radical (unpaired) electrons. The van der Waals surface area contributed by atoms with Crippen LogP contribution in [0.1, 0.15) is 25.7 Å². The minimum absolute atomic E-state index is 0.412. The molecule has 0 fully saturated rings. The van der Waals surface area contributed by atoms with Gasteiger partial charge in [0.05, 0.1) is 22.3 Å². The zero-order chi connectivity index (χ0) is 15.8. The van der Waals surface area contributed by atoms with Gasteiger partial charge in [0.25, 0.3) is 0 Å². The van der Waals surface area contributed by atoms with Gasteiger partial charge in [-0.25, -0.2) is 0 Å². The molecule has 0 saturated heterocycles. The second-order valence-electron chi connectivity index (χ2n) is 6.97. The normalized spacial score (nSPS) is 20.7. The Morgan fingerprint density at radius 3 is 2.10 bits per heavy atom. The summed E-state index contributed by atoms with van der Waals surface area (Å²) in [4.78, 5) is 24.4. The quantitative estimate of drug-likeness (QED) is 0.457. The first-order chi connectivity index (χ1) is 9.74. The van der Waals surface area contributed by atoms with Crippen molar-refractivity contribution in [3.05, 3.63) is 22.4 Å². The van der Waals surface area contributed by atoms with Crippen LogP contribution in [0.15, 0.2) is 22.4 Å². The van der Waals surface area contributed by atoms with E-state index in [9.17, 15) is 9.59 Å². The van der Waals surface area contributed by atoms with Crippen molar-refractivity contribution in [2.45, 2.75) is 45.3 Å². The van der Waals surface area contributed by atoms with Crippen LogP contribution in [0.5, 0.6) is 0 Å². The Labute approximate surface area is 127 Å². The van der Waals surface area contributed by atoms with Gasteiger partial charge in [-0.1, -0.05) is 36.5 Å². The van der Waals surface area contributed by atoms with E-state index >= 15 is 0 Å². The Balaban J connectivity index is 2.34. The molecule has 2 aliphatic rings. The van der Waals surface area contributed by atoms with E-state index in [1.165, 1.54) is 25.0 Å². The summed E-state index contributed by atoms with van der Waals surface area (Å²) in [5.41, 5.74) is 1.20. The highest BCUT2D eigenvalue weighted by Gasteiger charge is 2.53. The lowest BCUT2D eigenvalue weighted by Gasteiger charge is -2.25. The van der Waals surface area contributed by atoms with Crippen LogP contribution < -0.4 is 0 Å². The number of hydrogen-bond acceptors (Lipinski definition) is 4.